The maximum Gasteiger partial charge on any atom is 0.520 e. The molecule has 0 fully saturated rings. The van der Waals surface area contributed by atoms with Crippen LogP contribution >= 0.6 is 0 Å². The quantitative estimate of drug-likeness (QED) is 0.771. The average molecular weight is 241 g/mol. The van der Waals surface area contributed by atoms with Gasteiger partial charge in [0.2, 0.25) is 0 Å². The van der Waals surface area contributed by atoms with Crippen molar-refractivity contribution in [3.05, 3.63) is 29.8 Å². The summed E-state index contributed by atoms with van der Waals surface area (Å²) < 4.78 is 16.0. The lowest BCUT2D eigenvalue weighted by molar-refractivity contribution is 0.127. The first kappa shape index (κ1) is 13.2. The van der Waals surface area contributed by atoms with E-state index in [9.17, 15) is 0 Å². The molecule has 0 bridgehead atoms. The second-order valence-electron chi connectivity index (χ2n) is 3.46. The minimum absolute atomic E-state index is 0.557. The van der Waals surface area contributed by atoms with Gasteiger partial charge in [0, 0.05) is 27.0 Å². The van der Waals surface area contributed by atoms with E-state index in [4.69, 9.17) is 13.3 Å². The van der Waals surface area contributed by atoms with Gasteiger partial charge in [-0.2, -0.15) is 0 Å². The molecule has 4 nitrogen and oxygen atoms in total. The summed E-state index contributed by atoms with van der Waals surface area (Å²) >= 11 is 0. The maximum atomic E-state index is 5.33. The van der Waals surface area contributed by atoms with Crippen LogP contribution in [0.2, 0.25) is 0 Å². The minimum Gasteiger partial charge on any atom is -0.380 e. The van der Waals surface area contributed by atoms with Crippen LogP contribution in [0.1, 0.15) is 5.56 Å². The van der Waals surface area contributed by atoms with E-state index in [0.717, 1.165) is 5.69 Å². The van der Waals surface area contributed by atoms with Crippen molar-refractivity contribution >= 4 is 14.5 Å². The highest BCUT2D eigenvalue weighted by molar-refractivity contribution is 6.61. The Morgan fingerprint density at radius 3 is 2.12 bits per heavy atom. The topological polar surface area (TPSA) is 39.7 Å². The molecule has 1 N–H and O–H groups in total. The Bertz CT molecular complexity index is 320. The molecule has 0 aliphatic heterocycles. The SMILES string of the molecule is CO[Si](CNc1ccccc1C)(OC)OC. The Balaban J connectivity index is 2.66. The molecular weight excluding hydrogens is 222 g/mol. The molecule has 0 spiro atoms. The first-order chi connectivity index (χ1) is 7.67. The molecule has 0 radical (unpaired) electrons. The molecule has 0 aromatic heterocycles. The lowest BCUT2D eigenvalue weighted by atomic mass is 10.2. The van der Waals surface area contributed by atoms with Crippen LogP contribution in [0.4, 0.5) is 5.69 Å². The number of anilines is 1. The van der Waals surface area contributed by atoms with Crippen LogP contribution in [-0.2, 0) is 13.3 Å². The summed E-state index contributed by atoms with van der Waals surface area (Å²) in [6.07, 6.45) is 0.557. The number of benzene rings is 1. The fraction of sp³-hybridized carbons (Fsp3) is 0.455. The van der Waals surface area contributed by atoms with Gasteiger partial charge in [-0.3, -0.25) is 0 Å². The first-order valence-corrected chi connectivity index (χ1v) is 7.05. The molecule has 0 aliphatic rings. The van der Waals surface area contributed by atoms with Crippen molar-refractivity contribution < 1.29 is 13.3 Å². The van der Waals surface area contributed by atoms with Crippen molar-refractivity contribution in [1.82, 2.24) is 0 Å². The van der Waals surface area contributed by atoms with Gasteiger partial charge in [-0.05, 0) is 18.6 Å². The second-order valence-corrected chi connectivity index (χ2v) is 6.41. The molecule has 0 aliphatic carbocycles. The summed E-state index contributed by atoms with van der Waals surface area (Å²) in [6, 6.07) is 8.08. The third-order valence-electron chi connectivity index (χ3n) is 2.57. The van der Waals surface area contributed by atoms with Gasteiger partial charge in [0.1, 0.15) is 0 Å². The molecule has 90 valence electrons. The second kappa shape index (κ2) is 6.00. The lowest BCUT2D eigenvalue weighted by Gasteiger charge is -2.25. The van der Waals surface area contributed by atoms with E-state index in [1.165, 1.54) is 5.56 Å². The maximum absolute atomic E-state index is 5.33. The molecular formula is C11H19NO3Si. The van der Waals surface area contributed by atoms with Gasteiger partial charge in [-0.25, -0.2) is 0 Å². The Kier molecular flexibility index (Phi) is 4.95. The molecule has 0 heterocycles. The number of aryl methyl sites for hydroxylation is 1. The molecule has 1 rings (SSSR count). The highest BCUT2D eigenvalue weighted by Crippen LogP contribution is 2.15. The minimum atomic E-state index is -2.53. The predicted molar refractivity (Wildman–Crippen MR) is 66.4 cm³/mol. The van der Waals surface area contributed by atoms with Crippen LogP contribution in [0.3, 0.4) is 0 Å². The van der Waals surface area contributed by atoms with Crippen LogP contribution in [-0.4, -0.2) is 36.3 Å². The van der Waals surface area contributed by atoms with Crippen molar-refractivity contribution in [2.24, 2.45) is 0 Å². The summed E-state index contributed by atoms with van der Waals surface area (Å²) in [7, 11) is 2.30. The van der Waals surface area contributed by atoms with Gasteiger partial charge >= 0.3 is 8.80 Å². The van der Waals surface area contributed by atoms with Crippen molar-refractivity contribution in [3.8, 4) is 0 Å². The first-order valence-electron chi connectivity index (χ1n) is 5.12. The van der Waals surface area contributed by atoms with Gasteiger partial charge in [-0.15, -0.1) is 0 Å². The van der Waals surface area contributed by atoms with Gasteiger partial charge < -0.3 is 18.6 Å². The van der Waals surface area contributed by atoms with E-state index in [1.807, 2.05) is 18.2 Å². The van der Waals surface area contributed by atoms with E-state index in [2.05, 4.69) is 18.3 Å². The number of rotatable bonds is 6. The van der Waals surface area contributed by atoms with Crippen LogP contribution in [0.15, 0.2) is 24.3 Å². The highest BCUT2D eigenvalue weighted by Gasteiger charge is 2.37. The normalized spacial score (nSPS) is 11.5. The highest BCUT2D eigenvalue weighted by atomic mass is 28.4. The van der Waals surface area contributed by atoms with Crippen molar-refractivity contribution in [1.29, 1.82) is 0 Å². The summed E-state index contributed by atoms with van der Waals surface area (Å²) in [5.41, 5.74) is 2.26. The molecule has 5 heteroatoms. The van der Waals surface area contributed by atoms with Crippen molar-refractivity contribution in [2.45, 2.75) is 6.92 Å². The Morgan fingerprint density at radius 1 is 1.06 bits per heavy atom. The smallest absolute Gasteiger partial charge is 0.380 e. The van der Waals surface area contributed by atoms with E-state index in [1.54, 1.807) is 21.3 Å². The van der Waals surface area contributed by atoms with E-state index < -0.39 is 8.80 Å². The van der Waals surface area contributed by atoms with Gasteiger partial charge in [0.15, 0.2) is 0 Å². The zero-order chi connectivity index (χ0) is 12.0. The summed E-state index contributed by atoms with van der Waals surface area (Å²) in [5.74, 6) is 0. The molecule has 0 unspecified atom stereocenters. The van der Waals surface area contributed by atoms with Crippen LogP contribution in [0.25, 0.3) is 0 Å². The largest absolute Gasteiger partial charge is 0.520 e. The molecule has 1 aromatic rings. The molecule has 0 amide bonds. The summed E-state index contributed by atoms with van der Waals surface area (Å²) in [6.45, 7) is 2.05. The van der Waals surface area contributed by atoms with Crippen molar-refractivity contribution in [3.63, 3.8) is 0 Å². The van der Waals surface area contributed by atoms with Crippen LogP contribution < -0.4 is 5.32 Å². The average Bonchev–Trinajstić information content (AvgIpc) is 2.34. The van der Waals surface area contributed by atoms with Crippen molar-refractivity contribution in [2.75, 3.05) is 32.8 Å². The summed E-state index contributed by atoms with van der Waals surface area (Å²) in [5, 5.41) is 3.29. The van der Waals surface area contributed by atoms with Crippen LogP contribution in [0.5, 0.6) is 0 Å². The van der Waals surface area contributed by atoms with Gasteiger partial charge in [-0.1, -0.05) is 18.2 Å². The standard InChI is InChI=1S/C11H19NO3Si/c1-10-7-5-6-8-11(10)12-9-16(13-2,14-3)15-4/h5-8,12H,9H2,1-4H3. The zero-order valence-electron chi connectivity index (χ0n) is 10.2. The number of para-hydroxylation sites is 1. The monoisotopic (exact) mass is 241 g/mol. The molecule has 0 saturated carbocycles. The Hall–Kier alpha value is -0.883. The Labute approximate surface area is 97.9 Å². The lowest BCUT2D eigenvalue weighted by Crippen LogP contribution is -2.49. The van der Waals surface area contributed by atoms with E-state index in [0.29, 0.717) is 6.17 Å². The molecule has 0 saturated heterocycles. The third-order valence-corrected chi connectivity index (χ3v) is 5.05. The van der Waals surface area contributed by atoms with E-state index in [-0.39, 0.29) is 0 Å². The number of nitrogens with one attached hydrogen (secondary N) is 1. The number of hydrogen-bond acceptors (Lipinski definition) is 4. The van der Waals surface area contributed by atoms with E-state index >= 15 is 0 Å². The number of hydrogen-bond donors (Lipinski definition) is 1. The Morgan fingerprint density at radius 2 is 1.62 bits per heavy atom. The zero-order valence-corrected chi connectivity index (χ0v) is 11.2. The molecule has 16 heavy (non-hydrogen) atoms. The fourth-order valence-electron chi connectivity index (χ4n) is 1.44. The van der Waals surface area contributed by atoms with Gasteiger partial charge in [0.05, 0.1) is 6.17 Å². The summed E-state index contributed by atoms with van der Waals surface area (Å²) in [4.78, 5) is 0. The van der Waals surface area contributed by atoms with Gasteiger partial charge in [0.25, 0.3) is 0 Å². The molecule has 1 aromatic carbocycles. The third kappa shape index (κ3) is 3.05. The predicted octanol–water partition coefficient (Wildman–Crippen LogP) is 1.82. The molecule has 0 atom stereocenters. The van der Waals surface area contributed by atoms with Crippen LogP contribution in [0, 0.1) is 6.92 Å². The fourth-order valence-corrected chi connectivity index (χ4v) is 2.78.